The normalized spacial score (nSPS) is 12.4. The van der Waals surface area contributed by atoms with Crippen molar-refractivity contribution < 1.29 is 4.79 Å². The van der Waals surface area contributed by atoms with Gasteiger partial charge >= 0.3 is 0 Å². The lowest BCUT2D eigenvalue weighted by Crippen LogP contribution is -2.36. The Balaban J connectivity index is 1.83. The van der Waals surface area contributed by atoms with Crippen LogP contribution in [0.5, 0.6) is 0 Å². The van der Waals surface area contributed by atoms with Crippen molar-refractivity contribution in [3.63, 3.8) is 0 Å². The van der Waals surface area contributed by atoms with Gasteiger partial charge in [0.15, 0.2) is 0 Å². The molecule has 1 N–H and O–H groups in total. The van der Waals surface area contributed by atoms with E-state index in [1.54, 1.807) is 11.3 Å². The number of nitrogens with one attached hydrogen (secondary N) is 1. The number of nitrogens with zero attached hydrogens (tertiary/aromatic N) is 1. The maximum Gasteiger partial charge on any atom is 0.234 e. The van der Waals surface area contributed by atoms with Crippen LogP contribution in [0.2, 0.25) is 0 Å². The fraction of sp³-hybridized carbons (Fsp3) is 0.353. The molecule has 3 nitrogen and oxygen atoms in total. The largest absolute Gasteiger partial charge is 0.348 e. The number of carbonyl (C=O) groups excluding carboxylic acids is 1. The van der Waals surface area contributed by atoms with Crippen LogP contribution in [-0.2, 0) is 11.3 Å². The Labute approximate surface area is 130 Å². The minimum absolute atomic E-state index is 0.0620. The fourth-order valence-corrected chi connectivity index (χ4v) is 3.01. The highest BCUT2D eigenvalue weighted by Gasteiger charge is 2.12. The van der Waals surface area contributed by atoms with Gasteiger partial charge in [-0.2, -0.15) is 0 Å². The Morgan fingerprint density at radius 2 is 2.05 bits per heavy atom. The molecule has 0 radical (unpaired) electrons. The van der Waals surface area contributed by atoms with Crippen molar-refractivity contribution in [2.75, 3.05) is 13.6 Å². The highest BCUT2D eigenvalue weighted by Crippen LogP contribution is 2.18. The van der Waals surface area contributed by atoms with Crippen LogP contribution in [0.25, 0.3) is 0 Å². The summed E-state index contributed by atoms with van der Waals surface area (Å²) in [5.74, 6) is 0.0620. The lowest BCUT2D eigenvalue weighted by Gasteiger charge is -2.19. The van der Waals surface area contributed by atoms with Crippen LogP contribution in [0.15, 0.2) is 41.8 Å². The molecule has 0 spiro atoms. The summed E-state index contributed by atoms with van der Waals surface area (Å²) in [6, 6.07) is 12.4. The lowest BCUT2D eigenvalue weighted by atomic mass is 10.1. The topological polar surface area (TPSA) is 32.3 Å². The van der Waals surface area contributed by atoms with Gasteiger partial charge in [-0.25, -0.2) is 0 Å². The summed E-state index contributed by atoms with van der Waals surface area (Å²) in [5.41, 5.74) is 2.52. The third-order valence-electron chi connectivity index (χ3n) is 3.46. The van der Waals surface area contributed by atoms with Crippen LogP contribution in [0.1, 0.15) is 29.0 Å². The number of benzene rings is 1. The molecule has 4 heteroatoms. The van der Waals surface area contributed by atoms with Crippen LogP contribution in [0, 0.1) is 6.92 Å². The predicted octanol–water partition coefficient (Wildman–Crippen LogP) is 3.37. The first-order chi connectivity index (χ1) is 10.1. The predicted molar refractivity (Wildman–Crippen MR) is 88.4 cm³/mol. The van der Waals surface area contributed by atoms with Crippen molar-refractivity contribution >= 4 is 17.2 Å². The van der Waals surface area contributed by atoms with Crippen LogP contribution < -0.4 is 5.32 Å². The number of hydrogen-bond donors (Lipinski definition) is 1. The Morgan fingerprint density at radius 3 is 2.71 bits per heavy atom. The molecule has 0 aliphatic carbocycles. The van der Waals surface area contributed by atoms with Gasteiger partial charge in [0, 0.05) is 11.4 Å². The molecule has 0 unspecified atom stereocenters. The van der Waals surface area contributed by atoms with E-state index in [1.165, 1.54) is 16.0 Å². The van der Waals surface area contributed by atoms with E-state index in [2.05, 4.69) is 24.4 Å². The summed E-state index contributed by atoms with van der Waals surface area (Å²) in [7, 11) is 1.97. The first kappa shape index (κ1) is 15.7. The zero-order valence-electron chi connectivity index (χ0n) is 12.8. The molecule has 0 saturated carbocycles. The fourth-order valence-electron chi connectivity index (χ4n) is 2.28. The van der Waals surface area contributed by atoms with Crippen molar-refractivity contribution in [3.8, 4) is 0 Å². The molecule has 0 saturated heterocycles. The highest BCUT2D eigenvalue weighted by atomic mass is 32.1. The summed E-state index contributed by atoms with van der Waals surface area (Å²) in [6.45, 7) is 5.31. The third-order valence-corrected chi connectivity index (χ3v) is 4.52. The number of thiophene rings is 1. The Kier molecular flexibility index (Phi) is 5.53. The van der Waals surface area contributed by atoms with Crippen LogP contribution in [0.3, 0.4) is 0 Å². The number of aryl methyl sites for hydroxylation is 1. The molecule has 2 rings (SSSR count). The average molecular weight is 302 g/mol. The molecule has 1 aromatic heterocycles. The first-order valence-corrected chi connectivity index (χ1v) is 8.00. The molecule has 0 aliphatic rings. The second-order valence-electron chi connectivity index (χ2n) is 5.40. The van der Waals surface area contributed by atoms with Gasteiger partial charge in [-0.1, -0.05) is 30.3 Å². The number of rotatable bonds is 6. The molecular formula is C17H22N2OS. The van der Waals surface area contributed by atoms with Gasteiger partial charge in [0.1, 0.15) is 0 Å². The maximum atomic E-state index is 12.1. The van der Waals surface area contributed by atoms with Crippen LogP contribution in [-0.4, -0.2) is 24.4 Å². The summed E-state index contributed by atoms with van der Waals surface area (Å²) in [4.78, 5) is 15.3. The van der Waals surface area contributed by atoms with Gasteiger partial charge in [-0.15, -0.1) is 11.3 Å². The van der Waals surface area contributed by atoms with Crippen molar-refractivity contribution in [1.29, 1.82) is 0 Å². The van der Waals surface area contributed by atoms with Crippen molar-refractivity contribution in [3.05, 3.63) is 57.8 Å². The smallest absolute Gasteiger partial charge is 0.234 e. The molecule has 1 aromatic carbocycles. The van der Waals surface area contributed by atoms with E-state index in [9.17, 15) is 4.79 Å². The zero-order chi connectivity index (χ0) is 15.2. The summed E-state index contributed by atoms with van der Waals surface area (Å²) < 4.78 is 0. The lowest BCUT2D eigenvalue weighted by molar-refractivity contribution is -0.122. The van der Waals surface area contributed by atoms with Gasteiger partial charge in [-0.05, 0) is 43.5 Å². The van der Waals surface area contributed by atoms with E-state index in [-0.39, 0.29) is 11.9 Å². The van der Waals surface area contributed by atoms with Crippen molar-refractivity contribution in [2.24, 2.45) is 0 Å². The molecule has 0 bridgehead atoms. The quantitative estimate of drug-likeness (QED) is 0.887. The van der Waals surface area contributed by atoms with Gasteiger partial charge in [0.2, 0.25) is 5.91 Å². The second-order valence-corrected chi connectivity index (χ2v) is 6.38. The minimum Gasteiger partial charge on any atom is -0.348 e. The van der Waals surface area contributed by atoms with E-state index in [1.807, 2.05) is 48.5 Å². The second kappa shape index (κ2) is 7.38. The first-order valence-electron chi connectivity index (χ1n) is 7.12. The molecule has 1 heterocycles. The molecule has 21 heavy (non-hydrogen) atoms. The molecule has 1 atom stereocenters. The summed E-state index contributed by atoms with van der Waals surface area (Å²) >= 11 is 1.67. The van der Waals surface area contributed by atoms with Crippen LogP contribution >= 0.6 is 11.3 Å². The molecule has 0 aliphatic heterocycles. The molecule has 1 amide bonds. The third kappa shape index (κ3) is 4.69. The number of carbonyl (C=O) groups is 1. The summed E-state index contributed by atoms with van der Waals surface area (Å²) in [6.07, 6.45) is 0. The van der Waals surface area contributed by atoms with E-state index in [0.29, 0.717) is 6.54 Å². The molecular weight excluding hydrogens is 280 g/mol. The van der Waals surface area contributed by atoms with Gasteiger partial charge < -0.3 is 5.32 Å². The summed E-state index contributed by atoms with van der Waals surface area (Å²) in [5, 5.41) is 5.07. The van der Waals surface area contributed by atoms with E-state index in [4.69, 9.17) is 0 Å². The SMILES string of the molecule is Cc1ccccc1CN(C)CC(=O)N[C@H](C)c1cccs1. The Morgan fingerprint density at radius 1 is 1.29 bits per heavy atom. The van der Waals surface area contributed by atoms with Crippen molar-refractivity contribution in [1.82, 2.24) is 10.2 Å². The molecule has 112 valence electrons. The maximum absolute atomic E-state index is 12.1. The van der Waals surface area contributed by atoms with E-state index in [0.717, 1.165) is 6.54 Å². The van der Waals surface area contributed by atoms with Gasteiger partial charge in [0.25, 0.3) is 0 Å². The monoisotopic (exact) mass is 302 g/mol. The average Bonchev–Trinajstić information content (AvgIpc) is 2.95. The van der Waals surface area contributed by atoms with E-state index < -0.39 is 0 Å². The molecule has 0 fully saturated rings. The van der Waals surface area contributed by atoms with Crippen LogP contribution in [0.4, 0.5) is 0 Å². The van der Waals surface area contributed by atoms with Gasteiger partial charge in [-0.3, -0.25) is 9.69 Å². The Bertz CT molecular complexity index is 580. The highest BCUT2D eigenvalue weighted by molar-refractivity contribution is 7.10. The number of hydrogen-bond acceptors (Lipinski definition) is 3. The minimum atomic E-state index is 0.0620. The van der Waals surface area contributed by atoms with Gasteiger partial charge in [0.05, 0.1) is 12.6 Å². The number of amides is 1. The number of likely N-dealkylation sites (N-methyl/N-ethyl adjacent to an activating group) is 1. The van der Waals surface area contributed by atoms with Crippen molar-refractivity contribution in [2.45, 2.75) is 26.4 Å². The standard InChI is InChI=1S/C17H22N2OS/c1-13-7-4-5-8-15(13)11-19(3)12-17(20)18-14(2)16-9-6-10-21-16/h4-10,14H,11-12H2,1-3H3,(H,18,20)/t14-/m1/s1. The van der Waals surface area contributed by atoms with E-state index >= 15 is 0 Å². The molecule has 2 aromatic rings. The zero-order valence-corrected chi connectivity index (χ0v) is 13.6. The Hall–Kier alpha value is -1.65.